The third-order valence-electron chi connectivity index (χ3n) is 3.95. The number of aromatic carboxylic acids is 1. The number of hydrogen-bond acceptors (Lipinski definition) is 3. The van der Waals surface area contributed by atoms with Gasteiger partial charge in [-0.05, 0) is 42.3 Å². The third kappa shape index (κ3) is 2.53. The van der Waals surface area contributed by atoms with Crippen LogP contribution in [0.3, 0.4) is 0 Å². The van der Waals surface area contributed by atoms with E-state index in [1.807, 2.05) is 12.1 Å². The minimum absolute atomic E-state index is 0.140. The standard InChI is InChI=1S/C18H14ClNO4/c1-9-15(18(22)23)20-16-13(24-2)8-7-12(14(16)17(9)21)10-3-5-11(19)6-4-10/h3-8H,1-2H3,(H,20,21)(H,22,23). The van der Waals surface area contributed by atoms with Crippen molar-refractivity contribution in [2.75, 3.05) is 7.11 Å². The zero-order valence-corrected chi connectivity index (χ0v) is 13.8. The lowest BCUT2D eigenvalue weighted by atomic mass is 9.98. The summed E-state index contributed by atoms with van der Waals surface area (Å²) >= 11 is 5.92. The molecule has 2 N–H and O–H groups in total. The third-order valence-corrected chi connectivity index (χ3v) is 4.20. The van der Waals surface area contributed by atoms with Gasteiger partial charge in [-0.15, -0.1) is 0 Å². The second-order valence-electron chi connectivity index (χ2n) is 5.33. The van der Waals surface area contributed by atoms with E-state index < -0.39 is 5.97 Å². The van der Waals surface area contributed by atoms with Crippen LogP contribution in [0, 0.1) is 6.92 Å². The molecule has 0 atom stereocenters. The molecule has 0 radical (unpaired) electrons. The van der Waals surface area contributed by atoms with Crippen LogP contribution in [0.5, 0.6) is 5.75 Å². The van der Waals surface area contributed by atoms with Crippen LogP contribution in [-0.4, -0.2) is 23.2 Å². The average Bonchev–Trinajstić information content (AvgIpc) is 2.57. The number of methoxy groups -OCH3 is 1. The van der Waals surface area contributed by atoms with Gasteiger partial charge >= 0.3 is 5.97 Å². The molecule has 0 bridgehead atoms. The number of carbonyl (C=O) groups is 1. The fourth-order valence-corrected chi connectivity index (χ4v) is 2.84. The Morgan fingerprint density at radius 3 is 2.42 bits per heavy atom. The Hall–Kier alpha value is -2.79. The molecule has 0 saturated carbocycles. The van der Waals surface area contributed by atoms with Crippen molar-refractivity contribution in [2.24, 2.45) is 0 Å². The van der Waals surface area contributed by atoms with E-state index in [9.17, 15) is 14.7 Å². The number of aromatic amines is 1. The Balaban J connectivity index is 2.45. The highest BCUT2D eigenvalue weighted by Gasteiger charge is 2.19. The van der Waals surface area contributed by atoms with Crippen LogP contribution in [0.4, 0.5) is 0 Å². The van der Waals surface area contributed by atoms with Gasteiger partial charge in [-0.3, -0.25) is 4.79 Å². The van der Waals surface area contributed by atoms with Crippen molar-refractivity contribution in [1.29, 1.82) is 0 Å². The van der Waals surface area contributed by atoms with Crippen molar-refractivity contribution < 1.29 is 14.6 Å². The minimum Gasteiger partial charge on any atom is -0.495 e. The van der Waals surface area contributed by atoms with Crippen LogP contribution >= 0.6 is 11.6 Å². The predicted octanol–water partition coefficient (Wildman–Crippen LogP) is 3.86. The lowest BCUT2D eigenvalue weighted by molar-refractivity contribution is 0.0690. The number of halogens is 1. The normalized spacial score (nSPS) is 10.8. The SMILES string of the molecule is COc1ccc(-c2ccc(Cl)cc2)c2c(=O)c(C)c(C(=O)O)[nH]c12. The van der Waals surface area contributed by atoms with Gasteiger partial charge in [0, 0.05) is 10.6 Å². The Bertz CT molecular complexity index is 1010. The second kappa shape index (κ2) is 6.02. The number of rotatable bonds is 3. The average molecular weight is 344 g/mol. The van der Waals surface area contributed by atoms with Crippen molar-refractivity contribution in [3.8, 4) is 16.9 Å². The fraction of sp³-hybridized carbons (Fsp3) is 0.111. The van der Waals surface area contributed by atoms with Gasteiger partial charge in [0.25, 0.3) is 0 Å². The molecule has 6 heteroatoms. The quantitative estimate of drug-likeness (QED) is 0.756. The molecule has 122 valence electrons. The molecule has 0 saturated heterocycles. The van der Waals surface area contributed by atoms with E-state index in [4.69, 9.17) is 16.3 Å². The number of pyridine rings is 1. The van der Waals surface area contributed by atoms with E-state index in [2.05, 4.69) is 4.98 Å². The van der Waals surface area contributed by atoms with Crippen molar-refractivity contribution >= 4 is 28.5 Å². The summed E-state index contributed by atoms with van der Waals surface area (Å²) in [6, 6.07) is 10.6. The summed E-state index contributed by atoms with van der Waals surface area (Å²) in [5.41, 5.74) is 1.52. The Morgan fingerprint density at radius 2 is 1.83 bits per heavy atom. The zero-order valence-electron chi connectivity index (χ0n) is 13.0. The Kier molecular flexibility index (Phi) is 4.03. The molecule has 0 fully saturated rings. The van der Waals surface area contributed by atoms with Crippen LogP contribution in [0.15, 0.2) is 41.2 Å². The van der Waals surface area contributed by atoms with Crippen molar-refractivity contribution in [3.63, 3.8) is 0 Å². The highest BCUT2D eigenvalue weighted by molar-refractivity contribution is 6.30. The molecule has 1 heterocycles. The molecular formula is C18H14ClNO4. The fourth-order valence-electron chi connectivity index (χ4n) is 2.72. The smallest absolute Gasteiger partial charge is 0.352 e. The number of aromatic nitrogens is 1. The molecule has 1 aromatic heterocycles. The largest absolute Gasteiger partial charge is 0.495 e. The molecule has 0 unspecified atom stereocenters. The number of carboxylic acids is 1. The molecule has 0 aliphatic carbocycles. The predicted molar refractivity (Wildman–Crippen MR) is 93.3 cm³/mol. The van der Waals surface area contributed by atoms with E-state index >= 15 is 0 Å². The van der Waals surface area contributed by atoms with E-state index in [0.29, 0.717) is 27.2 Å². The monoisotopic (exact) mass is 343 g/mol. The van der Waals surface area contributed by atoms with Crippen LogP contribution in [0.25, 0.3) is 22.0 Å². The summed E-state index contributed by atoms with van der Waals surface area (Å²) in [4.78, 5) is 27.0. The Labute approximate surface area is 142 Å². The maximum absolute atomic E-state index is 12.8. The number of carboxylic acid groups (broad SMARTS) is 1. The molecule has 24 heavy (non-hydrogen) atoms. The molecule has 0 aliphatic heterocycles. The van der Waals surface area contributed by atoms with E-state index in [-0.39, 0.29) is 16.7 Å². The van der Waals surface area contributed by atoms with Gasteiger partial charge in [0.15, 0.2) is 5.43 Å². The van der Waals surface area contributed by atoms with Gasteiger partial charge in [-0.25, -0.2) is 4.79 Å². The molecule has 2 aromatic carbocycles. The van der Waals surface area contributed by atoms with Gasteiger partial charge in [0.1, 0.15) is 11.4 Å². The summed E-state index contributed by atoms with van der Waals surface area (Å²) in [6.45, 7) is 1.49. The molecule has 3 rings (SSSR count). The zero-order chi connectivity index (χ0) is 17.4. The molecule has 5 nitrogen and oxygen atoms in total. The van der Waals surface area contributed by atoms with Crippen molar-refractivity contribution in [1.82, 2.24) is 4.98 Å². The minimum atomic E-state index is -1.19. The summed E-state index contributed by atoms with van der Waals surface area (Å²) in [5.74, 6) is -0.784. The first-order valence-electron chi connectivity index (χ1n) is 7.17. The molecule has 0 spiro atoms. The number of H-pyrrole nitrogens is 1. The van der Waals surface area contributed by atoms with Crippen molar-refractivity contribution in [3.05, 3.63) is 62.9 Å². The van der Waals surface area contributed by atoms with Crippen LogP contribution < -0.4 is 10.2 Å². The van der Waals surface area contributed by atoms with Gasteiger partial charge in [0.05, 0.1) is 18.0 Å². The van der Waals surface area contributed by atoms with Gasteiger partial charge in [-0.1, -0.05) is 23.7 Å². The van der Waals surface area contributed by atoms with E-state index in [1.165, 1.54) is 14.0 Å². The maximum Gasteiger partial charge on any atom is 0.352 e. The van der Waals surface area contributed by atoms with Gasteiger partial charge < -0.3 is 14.8 Å². The van der Waals surface area contributed by atoms with Crippen molar-refractivity contribution in [2.45, 2.75) is 6.92 Å². The number of benzene rings is 2. The summed E-state index contributed by atoms with van der Waals surface area (Å²) in [6.07, 6.45) is 0. The summed E-state index contributed by atoms with van der Waals surface area (Å²) < 4.78 is 5.28. The molecule has 0 aliphatic rings. The van der Waals surface area contributed by atoms with Gasteiger partial charge in [-0.2, -0.15) is 0 Å². The highest BCUT2D eigenvalue weighted by atomic mass is 35.5. The topological polar surface area (TPSA) is 79.4 Å². The Morgan fingerprint density at radius 1 is 1.17 bits per heavy atom. The van der Waals surface area contributed by atoms with Crippen LogP contribution in [0.2, 0.25) is 5.02 Å². The molecular weight excluding hydrogens is 330 g/mol. The molecule has 0 amide bonds. The number of nitrogens with one attached hydrogen (secondary N) is 1. The number of ether oxygens (including phenoxy) is 1. The lowest BCUT2D eigenvalue weighted by Gasteiger charge is -2.13. The lowest BCUT2D eigenvalue weighted by Crippen LogP contribution is -2.16. The van der Waals surface area contributed by atoms with Crippen LogP contribution in [-0.2, 0) is 0 Å². The van der Waals surface area contributed by atoms with E-state index in [0.717, 1.165) is 5.56 Å². The first-order valence-corrected chi connectivity index (χ1v) is 7.54. The summed E-state index contributed by atoms with van der Waals surface area (Å²) in [5, 5.41) is 10.3. The van der Waals surface area contributed by atoms with E-state index in [1.54, 1.807) is 24.3 Å². The first-order chi connectivity index (χ1) is 11.4. The number of fused-ring (bicyclic) bond motifs is 1. The second-order valence-corrected chi connectivity index (χ2v) is 5.77. The number of hydrogen-bond donors (Lipinski definition) is 2. The first kappa shape index (κ1) is 16.1. The highest BCUT2D eigenvalue weighted by Crippen LogP contribution is 2.32. The van der Waals surface area contributed by atoms with Gasteiger partial charge in [0.2, 0.25) is 0 Å². The van der Waals surface area contributed by atoms with Crippen LogP contribution in [0.1, 0.15) is 16.1 Å². The maximum atomic E-state index is 12.8. The summed E-state index contributed by atoms with van der Waals surface area (Å²) in [7, 11) is 1.47. The molecule has 3 aromatic rings.